The molecule has 2 heterocycles. The van der Waals surface area contributed by atoms with Crippen molar-refractivity contribution in [2.45, 2.75) is 25.6 Å². The fraction of sp³-hybridized carbons (Fsp3) is 0.280. The van der Waals surface area contributed by atoms with Gasteiger partial charge in [0.25, 0.3) is 0 Å². The Morgan fingerprint density at radius 3 is 2.56 bits per heavy atom. The van der Waals surface area contributed by atoms with E-state index in [2.05, 4.69) is 10.2 Å². The lowest BCUT2D eigenvalue weighted by atomic mass is 9.89. The lowest BCUT2D eigenvalue weighted by Gasteiger charge is -2.36. The molecule has 1 aromatic heterocycles. The van der Waals surface area contributed by atoms with E-state index in [1.54, 1.807) is 0 Å². The topological polar surface area (TPSA) is 138 Å². The number of H-pyrrole nitrogens is 1. The van der Waals surface area contributed by atoms with Gasteiger partial charge in [0.2, 0.25) is 5.95 Å². The molecule has 3 aromatic rings. The van der Waals surface area contributed by atoms with E-state index < -0.39 is 39.3 Å². The number of alkyl halides is 3. The van der Waals surface area contributed by atoms with Crippen molar-refractivity contribution in [1.29, 1.82) is 5.26 Å². The number of halogens is 3. The first-order chi connectivity index (χ1) is 18.3. The molecule has 10 nitrogen and oxygen atoms in total. The molecular weight excluding hydrogens is 539 g/mol. The summed E-state index contributed by atoms with van der Waals surface area (Å²) in [6.45, 7) is 1.47. The van der Waals surface area contributed by atoms with Crippen LogP contribution in [0.1, 0.15) is 35.2 Å². The Morgan fingerprint density at radius 2 is 1.95 bits per heavy atom. The van der Waals surface area contributed by atoms with Gasteiger partial charge in [0.05, 0.1) is 35.6 Å². The minimum absolute atomic E-state index is 0.0143. The Kier molecular flexibility index (Phi) is 7.14. The van der Waals surface area contributed by atoms with Crippen molar-refractivity contribution in [2.75, 3.05) is 24.0 Å². The van der Waals surface area contributed by atoms with Gasteiger partial charge < -0.3 is 4.74 Å². The minimum atomic E-state index is -4.65. The highest BCUT2D eigenvalue weighted by molar-refractivity contribution is 7.90. The number of hydrogen-bond donors (Lipinski definition) is 1. The van der Waals surface area contributed by atoms with Gasteiger partial charge in [-0.15, -0.1) is 5.10 Å². The summed E-state index contributed by atoms with van der Waals surface area (Å²) in [6.07, 6.45) is -3.64. The van der Waals surface area contributed by atoms with Gasteiger partial charge in [0, 0.05) is 17.6 Å². The molecule has 14 heteroatoms. The second kappa shape index (κ2) is 10.1. The van der Waals surface area contributed by atoms with E-state index in [-0.39, 0.29) is 40.6 Å². The summed E-state index contributed by atoms with van der Waals surface area (Å²) in [5, 5.41) is 15.7. The van der Waals surface area contributed by atoms with Crippen LogP contribution in [0.25, 0.3) is 0 Å². The van der Waals surface area contributed by atoms with Crippen LogP contribution in [-0.4, -0.2) is 48.3 Å². The predicted molar refractivity (Wildman–Crippen MR) is 134 cm³/mol. The van der Waals surface area contributed by atoms with Gasteiger partial charge in [0.15, 0.2) is 0 Å². The number of aryl methyl sites for hydroxylation is 1. The van der Waals surface area contributed by atoms with E-state index in [9.17, 15) is 36.4 Å². The van der Waals surface area contributed by atoms with E-state index in [0.29, 0.717) is 11.1 Å². The molecule has 0 spiro atoms. The van der Waals surface area contributed by atoms with Crippen LogP contribution >= 0.6 is 0 Å². The van der Waals surface area contributed by atoms with Crippen LogP contribution in [0.3, 0.4) is 0 Å². The lowest BCUT2D eigenvalue weighted by molar-refractivity contribution is -0.138. The molecule has 0 bridgehead atoms. The zero-order chi connectivity index (χ0) is 28.7. The van der Waals surface area contributed by atoms with Crippen molar-refractivity contribution in [3.63, 3.8) is 0 Å². The lowest BCUT2D eigenvalue weighted by Crippen LogP contribution is -2.38. The molecule has 4 rings (SSSR count). The molecule has 1 aliphatic heterocycles. The molecule has 0 saturated carbocycles. The second-order valence-electron chi connectivity index (χ2n) is 8.88. The number of aromatic amines is 1. The molecule has 0 aliphatic carbocycles. The van der Waals surface area contributed by atoms with Crippen LogP contribution < -0.4 is 10.6 Å². The van der Waals surface area contributed by atoms with Gasteiger partial charge in [-0.1, -0.05) is 12.1 Å². The Bertz CT molecular complexity index is 1700. The van der Waals surface area contributed by atoms with Crippen LogP contribution in [0.4, 0.5) is 24.8 Å². The van der Waals surface area contributed by atoms with Gasteiger partial charge in [-0.25, -0.2) is 27.7 Å². The van der Waals surface area contributed by atoms with Crippen molar-refractivity contribution < 1.29 is 31.1 Å². The molecule has 0 fully saturated rings. The highest BCUT2D eigenvalue weighted by Crippen LogP contribution is 2.43. The molecular formula is C25H22F3N5O5S. The Hall–Kier alpha value is -4.38. The smallest absolute Gasteiger partial charge is 0.416 e. The first-order valence-corrected chi connectivity index (χ1v) is 13.5. The molecule has 0 amide bonds. The molecule has 2 aromatic carbocycles. The van der Waals surface area contributed by atoms with Gasteiger partial charge in [-0.05, 0) is 54.8 Å². The van der Waals surface area contributed by atoms with E-state index in [1.807, 2.05) is 6.07 Å². The molecule has 1 unspecified atom stereocenters. The number of benzene rings is 2. The van der Waals surface area contributed by atoms with Crippen LogP contribution in [0.5, 0.6) is 0 Å². The van der Waals surface area contributed by atoms with Gasteiger partial charge in [0.1, 0.15) is 15.9 Å². The molecule has 1 atom stereocenters. The largest absolute Gasteiger partial charge is 0.466 e. The van der Waals surface area contributed by atoms with Gasteiger partial charge in [-0.3, -0.25) is 4.90 Å². The quantitative estimate of drug-likeness (QED) is 0.453. The number of sulfone groups is 1. The van der Waals surface area contributed by atoms with Crippen LogP contribution in [0.15, 0.2) is 58.5 Å². The molecule has 0 saturated heterocycles. The summed E-state index contributed by atoms with van der Waals surface area (Å²) in [5.74, 6) is -1.25. The van der Waals surface area contributed by atoms with Crippen molar-refractivity contribution in [1.82, 2.24) is 14.8 Å². The third kappa shape index (κ3) is 5.30. The average Bonchev–Trinajstić information content (AvgIpc) is 3.26. The first kappa shape index (κ1) is 27.6. The summed E-state index contributed by atoms with van der Waals surface area (Å²) in [6, 6.07) is 9.52. The fourth-order valence-corrected chi connectivity index (χ4v) is 5.12. The second-order valence-corrected chi connectivity index (χ2v) is 11.1. The summed E-state index contributed by atoms with van der Waals surface area (Å²) < 4.78 is 70.4. The number of nitrogens with zero attached hydrogens (tertiary/aromatic N) is 4. The third-order valence-electron chi connectivity index (χ3n) is 6.29. The molecule has 39 heavy (non-hydrogen) atoms. The Morgan fingerprint density at radius 1 is 1.23 bits per heavy atom. The number of rotatable bonds is 6. The predicted octanol–water partition coefficient (Wildman–Crippen LogP) is 3.24. The van der Waals surface area contributed by atoms with Crippen molar-refractivity contribution in [3.8, 4) is 6.07 Å². The van der Waals surface area contributed by atoms with E-state index in [1.165, 1.54) is 42.2 Å². The highest BCUT2D eigenvalue weighted by Gasteiger charge is 2.41. The molecule has 1 aliphatic rings. The summed E-state index contributed by atoms with van der Waals surface area (Å²) in [7, 11) is -2.31. The number of anilines is 2. The van der Waals surface area contributed by atoms with E-state index in [0.717, 1.165) is 30.1 Å². The van der Waals surface area contributed by atoms with E-state index >= 15 is 0 Å². The normalized spacial score (nSPS) is 15.6. The number of esters is 1. The average molecular weight is 562 g/mol. The summed E-state index contributed by atoms with van der Waals surface area (Å²) in [4.78, 5) is 27.5. The number of nitriles is 1. The number of carbonyl (C=O) groups excluding carboxylic acids is 1. The van der Waals surface area contributed by atoms with Gasteiger partial charge in [-0.2, -0.15) is 18.4 Å². The molecule has 204 valence electrons. The summed E-state index contributed by atoms with van der Waals surface area (Å²) in [5.41, 5.74) is -0.764. The zero-order valence-corrected chi connectivity index (χ0v) is 21.7. The fourth-order valence-electron chi connectivity index (χ4n) is 4.53. The van der Waals surface area contributed by atoms with Crippen molar-refractivity contribution in [3.05, 3.63) is 86.5 Å². The van der Waals surface area contributed by atoms with Gasteiger partial charge >= 0.3 is 17.8 Å². The number of methoxy groups -OCH3 is 1. The van der Waals surface area contributed by atoms with Crippen molar-refractivity contribution >= 4 is 27.4 Å². The number of nitrogens with one attached hydrogen (secondary N) is 1. The number of fused-ring (bicyclic) bond motifs is 1. The molecule has 0 radical (unpaired) electrons. The van der Waals surface area contributed by atoms with Crippen LogP contribution in [-0.2, 0) is 32.0 Å². The number of hydrogen-bond acceptors (Lipinski definition) is 8. The number of carbonyl (C=O) groups is 1. The first-order valence-electron chi connectivity index (χ1n) is 11.4. The number of ether oxygens (including phenoxy) is 1. The minimum Gasteiger partial charge on any atom is -0.466 e. The van der Waals surface area contributed by atoms with Crippen molar-refractivity contribution in [2.24, 2.45) is 0 Å². The Labute approximate surface area is 220 Å². The monoisotopic (exact) mass is 561 g/mol. The highest BCUT2D eigenvalue weighted by atomic mass is 32.2. The zero-order valence-electron chi connectivity index (χ0n) is 20.9. The standard InChI is InChI=1S/C25H22F3N5O5S/c1-14-20(22(34)38-2)21(19-8-7-15(13-29)11-16(19)9-10-39(3,36)37)33-23(30-31-24(33)35)32(14)18-6-4-5-17(12-18)25(26,27)28/h4-8,11-12,21H,9-10H2,1-3H3,(H,31,35). The third-order valence-corrected chi connectivity index (χ3v) is 7.23. The number of allylic oxidation sites excluding steroid dienone is 1. The van der Waals surface area contributed by atoms with Crippen LogP contribution in [0.2, 0.25) is 0 Å². The Balaban J connectivity index is 2.01. The van der Waals surface area contributed by atoms with Crippen LogP contribution in [0, 0.1) is 11.3 Å². The SMILES string of the molecule is COC(=O)C1=C(C)N(c2cccc(C(F)(F)F)c2)c2n[nH]c(=O)n2C1c1ccc(C#N)cc1CCS(C)(=O)=O. The maximum atomic E-state index is 13.5. The maximum Gasteiger partial charge on any atom is 0.416 e. The molecule has 1 N–H and O–H groups in total. The summed E-state index contributed by atoms with van der Waals surface area (Å²) >= 11 is 0. The maximum absolute atomic E-state index is 13.5. The van der Waals surface area contributed by atoms with E-state index in [4.69, 9.17) is 4.74 Å². The number of aromatic nitrogens is 3.